The lowest BCUT2D eigenvalue weighted by atomic mass is 9.98. The van der Waals surface area contributed by atoms with Gasteiger partial charge in [0.05, 0.1) is 5.69 Å². The van der Waals surface area contributed by atoms with Gasteiger partial charge in [0.1, 0.15) is 5.71 Å². The van der Waals surface area contributed by atoms with Crippen molar-refractivity contribution in [3.8, 4) is 0 Å². The van der Waals surface area contributed by atoms with Crippen LogP contribution < -0.4 is 16.4 Å². The number of carbonyl (C=O) groups is 1. The molecule has 0 unspecified atom stereocenters. The summed E-state index contributed by atoms with van der Waals surface area (Å²) in [6.07, 6.45) is 2.91. The highest BCUT2D eigenvalue weighted by Crippen LogP contribution is 2.45. The molecule has 0 bridgehead atoms. The summed E-state index contributed by atoms with van der Waals surface area (Å²) >= 11 is 3.41. The van der Waals surface area contributed by atoms with E-state index in [1.54, 1.807) is 7.05 Å². The predicted octanol–water partition coefficient (Wildman–Crippen LogP) is 3.57. The van der Waals surface area contributed by atoms with Gasteiger partial charge in [0.25, 0.3) is 5.91 Å². The molecule has 1 fully saturated rings. The minimum absolute atomic E-state index is 0.139. The van der Waals surface area contributed by atoms with Gasteiger partial charge >= 0.3 is 0 Å². The van der Waals surface area contributed by atoms with Crippen LogP contribution >= 0.6 is 15.9 Å². The normalized spacial score (nSPS) is 14.0. The SMILES string of the molecule is CNC(=O)C(=Nc1ccc(Br)cc1)c1cc(C2CC2)c(NCCCO)cc1N. The number of nitrogens with one attached hydrogen (secondary N) is 2. The van der Waals surface area contributed by atoms with E-state index in [-0.39, 0.29) is 12.5 Å². The molecule has 2 aromatic rings. The highest BCUT2D eigenvalue weighted by molar-refractivity contribution is 9.10. The maximum atomic E-state index is 12.6. The molecule has 148 valence electrons. The summed E-state index contributed by atoms with van der Waals surface area (Å²) in [7, 11) is 1.59. The first kappa shape index (κ1) is 20.4. The minimum Gasteiger partial charge on any atom is -0.398 e. The van der Waals surface area contributed by atoms with Gasteiger partial charge in [-0.15, -0.1) is 0 Å². The van der Waals surface area contributed by atoms with Crippen LogP contribution in [0, 0.1) is 0 Å². The van der Waals surface area contributed by atoms with Gasteiger partial charge < -0.3 is 21.5 Å². The van der Waals surface area contributed by atoms with Crippen LogP contribution in [0.2, 0.25) is 0 Å². The second kappa shape index (κ2) is 9.21. The summed E-state index contributed by atoms with van der Waals surface area (Å²) in [5.74, 6) is 0.187. The number of aliphatic hydroxyl groups is 1. The van der Waals surface area contributed by atoms with Crippen LogP contribution in [-0.4, -0.2) is 36.9 Å². The van der Waals surface area contributed by atoms with E-state index >= 15 is 0 Å². The number of nitrogens with two attached hydrogens (primary N) is 1. The van der Waals surface area contributed by atoms with Crippen LogP contribution in [0.4, 0.5) is 17.1 Å². The molecule has 3 rings (SSSR count). The van der Waals surface area contributed by atoms with E-state index in [9.17, 15) is 4.79 Å². The molecule has 1 aliphatic carbocycles. The summed E-state index contributed by atoms with van der Waals surface area (Å²) < 4.78 is 0.946. The van der Waals surface area contributed by atoms with Crippen molar-refractivity contribution < 1.29 is 9.90 Å². The number of aliphatic hydroxyl groups excluding tert-OH is 1. The Bertz CT molecular complexity index is 877. The van der Waals surface area contributed by atoms with Gasteiger partial charge in [0, 0.05) is 41.6 Å². The fourth-order valence-corrected chi connectivity index (χ4v) is 3.29. The van der Waals surface area contributed by atoms with Crippen LogP contribution in [0.3, 0.4) is 0 Å². The number of nitrogens with zero attached hydrogens (tertiary/aromatic N) is 1. The zero-order valence-electron chi connectivity index (χ0n) is 15.8. The number of rotatable bonds is 8. The fourth-order valence-electron chi connectivity index (χ4n) is 3.02. The van der Waals surface area contributed by atoms with E-state index in [2.05, 4.69) is 31.6 Å². The average Bonchev–Trinajstić information content (AvgIpc) is 3.53. The Hall–Kier alpha value is -2.38. The van der Waals surface area contributed by atoms with Crippen LogP contribution in [-0.2, 0) is 4.79 Å². The molecule has 0 saturated heterocycles. The maximum Gasteiger partial charge on any atom is 0.270 e. The zero-order chi connectivity index (χ0) is 20.1. The first-order valence-corrected chi connectivity index (χ1v) is 10.2. The van der Waals surface area contributed by atoms with Crippen molar-refractivity contribution in [3.63, 3.8) is 0 Å². The van der Waals surface area contributed by atoms with Gasteiger partial charge in [0.15, 0.2) is 0 Å². The molecule has 28 heavy (non-hydrogen) atoms. The number of carbonyl (C=O) groups excluding carboxylic acids is 1. The molecule has 7 heteroatoms. The van der Waals surface area contributed by atoms with Gasteiger partial charge in [-0.1, -0.05) is 15.9 Å². The summed E-state index contributed by atoms with van der Waals surface area (Å²) in [6, 6.07) is 11.3. The molecule has 0 heterocycles. The van der Waals surface area contributed by atoms with Gasteiger partial charge in [-0.2, -0.15) is 0 Å². The lowest BCUT2D eigenvalue weighted by molar-refractivity contribution is -0.114. The Morgan fingerprint density at radius 2 is 2.00 bits per heavy atom. The molecule has 0 radical (unpaired) electrons. The highest BCUT2D eigenvalue weighted by atomic mass is 79.9. The third-order valence-corrected chi connectivity index (χ3v) is 5.18. The van der Waals surface area contributed by atoms with E-state index in [1.165, 1.54) is 0 Å². The number of aliphatic imine (C=N–C) groups is 1. The van der Waals surface area contributed by atoms with Crippen LogP contribution in [0.5, 0.6) is 0 Å². The van der Waals surface area contributed by atoms with Crippen molar-refractivity contribution >= 4 is 44.6 Å². The van der Waals surface area contributed by atoms with Gasteiger partial charge in [-0.25, -0.2) is 4.99 Å². The van der Waals surface area contributed by atoms with E-state index in [1.807, 2.05) is 36.4 Å². The highest BCUT2D eigenvalue weighted by Gasteiger charge is 2.28. The second-order valence-electron chi connectivity index (χ2n) is 6.82. The van der Waals surface area contributed by atoms with E-state index in [4.69, 9.17) is 10.8 Å². The number of halogens is 1. The molecule has 6 nitrogen and oxygen atoms in total. The Balaban J connectivity index is 2.03. The van der Waals surface area contributed by atoms with Crippen molar-refractivity contribution in [2.24, 2.45) is 4.99 Å². The Morgan fingerprint density at radius 1 is 1.29 bits per heavy atom. The molecule has 0 spiro atoms. The van der Waals surface area contributed by atoms with E-state index in [0.717, 1.165) is 28.6 Å². The number of benzene rings is 2. The zero-order valence-corrected chi connectivity index (χ0v) is 17.4. The first-order chi connectivity index (χ1) is 13.5. The second-order valence-corrected chi connectivity index (χ2v) is 7.74. The number of amides is 1. The number of likely N-dealkylation sites (N-methyl/N-ethyl adjacent to an activating group) is 1. The quantitative estimate of drug-likeness (QED) is 0.284. The molecule has 5 N–H and O–H groups in total. The molecule has 2 aromatic carbocycles. The molecule has 0 aliphatic heterocycles. The summed E-state index contributed by atoms with van der Waals surface area (Å²) in [5, 5.41) is 15.0. The minimum atomic E-state index is -0.280. The topological polar surface area (TPSA) is 99.7 Å². The predicted molar refractivity (Wildman–Crippen MR) is 117 cm³/mol. The summed E-state index contributed by atoms with van der Waals surface area (Å²) in [4.78, 5) is 17.2. The number of anilines is 2. The molecular weight excluding hydrogens is 420 g/mol. The maximum absolute atomic E-state index is 12.6. The largest absolute Gasteiger partial charge is 0.398 e. The van der Waals surface area contributed by atoms with Gasteiger partial charge in [-0.05, 0) is 67.1 Å². The van der Waals surface area contributed by atoms with Crippen molar-refractivity contribution in [1.82, 2.24) is 5.32 Å². The number of hydrogen-bond acceptors (Lipinski definition) is 5. The average molecular weight is 445 g/mol. The monoisotopic (exact) mass is 444 g/mol. The summed E-state index contributed by atoms with van der Waals surface area (Å²) in [5.41, 5.74) is 10.6. The molecule has 1 amide bonds. The van der Waals surface area contributed by atoms with Crippen LogP contribution in [0.1, 0.15) is 36.3 Å². The first-order valence-electron chi connectivity index (χ1n) is 9.38. The fraction of sp³-hybridized carbons (Fsp3) is 0.333. The van der Waals surface area contributed by atoms with Crippen LogP contribution in [0.25, 0.3) is 0 Å². The van der Waals surface area contributed by atoms with Crippen molar-refractivity contribution in [3.05, 3.63) is 52.0 Å². The van der Waals surface area contributed by atoms with Crippen molar-refractivity contribution in [2.75, 3.05) is 31.2 Å². The lowest BCUT2D eigenvalue weighted by Gasteiger charge is -2.16. The smallest absolute Gasteiger partial charge is 0.270 e. The van der Waals surface area contributed by atoms with E-state index < -0.39 is 0 Å². The molecule has 0 atom stereocenters. The van der Waals surface area contributed by atoms with Gasteiger partial charge in [-0.3, -0.25) is 4.79 Å². The number of hydrogen-bond donors (Lipinski definition) is 4. The van der Waals surface area contributed by atoms with Gasteiger partial charge in [0.2, 0.25) is 0 Å². The summed E-state index contributed by atoms with van der Waals surface area (Å²) in [6.45, 7) is 0.810. The lowest BCUT2D eigenvalue weighted by Crippen LogP contribution is -2.29. The third kappa shape index (κ3) is 4.91. The molecular formula is C21H25BrN4O2. The Morgan fingerprint density at radius 3 is 2.61 bits per heavy atom. The molecule has 0 aromatic heterocycles. The number of nitrogen functional groups attached to an aromatic ring is 1. The molecule has 1 saturated carbocycles. The third-order valence-electron chi connectivity index (χ3n) is 4.65. The standard InChI is InChI=1S/C21H25BrN4O2/c1-24-21(28)20(26-15-7-5-14(22)6-8-15)17-11-16(13-3-4-13)19(12-18(17)23)25-9-2-10-27/h5-8,11-13,25,27H,2-4,9-10,23H2,1H3,(H,24,28). The van der Waals surface area contributed by atoms with Crippen molar-refractivity contribution in [2.45, 2.75) is 25.2 Å². The van der Waals surface area contributed by atoms with E-state index in [0.29, 0.717) is 41.5 Å². The Kier molecular flexibility index (Phi) is 6.70. The van der Waals surface area contributed by atoms with Crippen molar-refractivity contribution in [1.29, 1.82) is 0 Å². The Labute approximate surface area is 173 Å². The molecule has 1 aliphatic rings. The van der Waals surface area contributed by atoms with Crippen LogP contribution in [0.15, 0.2) is 45.9 Å².